The van der Waals surface area contributed by atoms with Gasteiger partial charge in [-0.15, -0.1) is 0 Å². The Morgan fingerprint density at radius 2 is 1.88 bits per heavy atom. The monoisotopic (exact) mass is 355 g/mol. The van der Waals surface area contributed by atoms with Gasteiger partial charge in [-0.3, -0.25) is 14.8 Å². The van der Waals surface area contributed by atoms with Gasteiger partial charge in [-0.25, -0.2) is 0 Å². The number of pyridine rings is 1. The van der Waals surface area contributed by atoms with Gasteiger partial charge in [0, 0.05) is 30.1 Å². The Balaban J connectivity index is 2.19. The molecule has 0 aliphatic rings. The molecule has 0 radical (unpaired) electrons. The van der Waals surface area contributed by atoms with E-state index in [1.165, 1.54) is 6.07 Å². The molecule has 0 atom stereocenters. The maximum Gasteiger partial charge on any atom is 0.252 e. The van der Waals surface area contributed by atoms with E-state index >= 15 is 0 Å². The third-order valence-corrected chi connectivity index (χ3v) is 4.13. The zero-order chi connectivity index (χ0) is 17.8. The molecular weight excluding hydrogens is 338 g/mol. The average Bonchev–Trinajstić information content (AvgIpc) is 2.64. The molecule has 1 aromatic carbocycles. The zero-order valence-corrected chi connectivity index (χ0v) is 14.7. The number of aromatic amines is 1. The van der Waals surface area contributed by atoms with Crippen molar-refractivity contribution in [1.29, 1.82) is 0 Å². The topological polar surface area (TPSA) is 69.1 Å². The predicted octanol–water partition coefficient (Wildman–Crippen LogP) is 3.03. The van der Waals surface area contributed by atoms with Crippen LogP contribution in [-0.4, -0.2) is 28.8 Å². The Kier molecular flexibility index (Phi) is 4.95. The third kappa shape index (κ3) is 3.61. The predicted molar refractivity (Wildman–Crippen MR) is 97.8 cm³/mol. The van der Waals surface area contributed by atoms with E-state index in [-0.39, 0.29) is 5.56 Å². The largest absolute Gasteiger partial charge is 0.497 e. The first-order valence-corrected chi connectivity index (χ1v) is 7.98. The van der Waals surface area contributed by atoms with E-state index < -0.39 is 0 Å². The summed E-state index contributed by atoms with van der Waals surface area (Å²) in [5.41, 5.74) is 2.19. The molecule has 2 aromatic heterocycles. The zero-order valence-electron chi connectivity index (χ0n) is 13.9. The molecule has 3 rings (SSSR count). The second kappa shape index (κ2) is 7.31. The molecule has 6 nitrogen and oxygen atoms in total. The molecule has 128 valence electrons. The van der Waals surface area contributed by atoms with Gasteiger partial charge < -0.3 is 14.0 Å². The summed E-state index contributed by atoms with van der Waals surface area (Å²) < 4.78 is 12.9. The smallest absolute Gasteiger partial charge is 0.252 e. The number of nitrogens with zero attached hydrogens (tertiary/aromatic N) is 2. The minimum atomic E-state index is -0.260. The molecule has 0 unspecified atom stereocenters. The lowest BCUT2D eigenvalue weighted by Gasteiger charge is -2.16. The maximum atomic E-state index is 12.0. The number of rotatable bonds is 5. The van der Waals surface area contributed by atoms with Gasteiger partial charge in [0.25, 0.3) is 5.56 Å². The van der Waals surface area contributed by atoms with Crippen LogP contribution in [0.5, 0.6) is 11.5 Å². The highest BCUT2D eigenvalue weighted by Crippen LogP contribution is 2.33. The van der Waals surface area contributed by atoms with Crippen LogP contribution in [-0.2, 0) is 6.54 Å². The Hall–Kier alpha value is -2.93. The fraction of sp³-hybridized carbons (Fsp3) is 0.167. The minimum absolute atomic E-state index is 0.260. The van der Waals surface area contributed by atoms with Gasteiger partial charge in [-0.2, -0.15) is 0 Å². The van der Waals surface area contributed by atoms with Crippen LogP contribution in [0.25, 0.3) is 11.3 Å². The number of nitrogens with one attached hydrogen (secondary N) is 1. The van der Waals surface area contributed by atoms with Gasteiger partial charge >= 0.3 is 0 Å². The second-order valence-corrected chi connectivity index (χ2v) is 5.72. The molecule has 0 aliphatic heterocycles. The highest BCUT2D eigenvalue weighted by atomic mass is 32.1. The van der Waals surface area contributed by atoms with E-state index in [9.17, 15) is 4.79 Å². The summed E-state index contributed by atoms with van der Waals surface area (Å²) in [5, 5.41) is 0. The van der Waals surface area contributed by atoms with Gasteiger partial charge in [-0.05, 0) is 42.0 Å². The van der Waals surface area contributed by atoms with Crippen LogP contribution in [0.2, 0.25) is 0 Å². The molecule has 0 fully saturated rings. The Morgan fingerprint density at radius 3 is 2.56 bits per heavy atom. The summed E-state index contributed by atoms with van der Waals surface area (Å²) in [4.78, 5) is 18.7. The summed E-state index contributed by atoms with van der Waals surface area (Å²) in [5.74, 6) is 1.27. The molecular formula is C18H17N3O3S. The van der Waals surface area contributed by atoms with E-state index in [1.807, 2.05) is 28.8 Å². The van der Waals surface area contributed by atoms with E-state index in [0.717, 1.165) is 11.1 Å². The highest BCUT2D eigenvalue weighted by molar-refractivity contribution is 7.71. The summed E-state index contributed by atoms with van der Waals surface area (Å²) >= 11 is 5.38. The lowest BCUT2D eigenvalue weighted by Crippen LogP contribution is -2.15. The standard InChI is InChI=1S/C18H17N3O3S/c1-23-13-3-4-14(16(9-13)24-2)15-10-17(22)20-18(25)21(15)11-12-5-7-19-8-6-12/h3-10H,11H2,1-2H3,(H,20,22,25). The lowest BCUT2D eigenvalue weighted by atomic mass is 10.1. The number of aromatic nitrogens is 3. The number of methoxy groups -OCH3 is 2. The van der Waals surface area contributed by atoms with Gasteiger partial charge in [-0.1, -0.05) is 0 Å². The van der Waals surface area contributed by atoms with E-state index in [2.05, 4.69) is 9.97 Å². The molecule has 3 aromatic rings. The average molecular weight is 355 g/mol. The lowest BCUT2D eigenvalue weighted by molar-refractivity contribution is 0.395. The van der Waals surface area contributed by atoms with Crippen molar-refractivity contribution in [3.63, 3.8) is 0 Å². The van der Waals surface area contributed by atoms with Crippen molar-refractivity contribution < 1.29 is 9.47 Å². The minimum Gasteiger partial charge on any atom is -0.497 e. The first-order chi connectivity index (χ1) is 12.1. The first-order valence-electron chi connectivity index (χ1n) is 7.58. The van der Waals surface area contributed by atoms with E-state index in [1.54, 1.807) is 32.7 Å². The highest BCUT2D eigenvalue weighted by Gasteiger charge is 2.13. The van der Waals surface area contributed by atoms with Gasteiger partial charge in [0.15, 0.2) is 4.77 Å². The van der Waals surface area contributed by atoms with Crippen molar-refractivity contribution in [2.24, 2.45) is 0 Å². The first kappa shape index (κ1) is 16.9. The SMILES string of the molecule is COc1ccc(-c2cc(=O)[nH]c(=S)n2Cc2ccncc2)c(OC)c1. The van der Waals surface area contributed by atoms with Crippen molar-refractivity contribution >= 4 is 12.2 Å². The fourth-order valence-corrected chi connectivity index (χ4v) is 2.84. The molecule has 7 heteroatoms. The van der Waals surface area contributed by atoms with Crippen molar-refractivity contribution in [2.75, 3.05) is 14.2 Å². The van der Waals surface area contributed by atoms with Crippen LogP contribution in [0.15, 0.2) is 53.6 Å². The molecule has 1 N–H and O–H groups in total. The molecule has 0 aliphatic carbocycles. The van der Waals surface area contributed by atoms with Crippen LogP contribution in [0, 0.1) is 4.77 Å². The Morgan fingerprint density at radius 1 is 1.12 bits per heavy atom. The summed E-state index contributed by atoms with van der Waals surface area (Å²) in [7, 11) is 3.17. The quantitative estimate of drug-likeness (QED) is 0.713. The van der Waals surface area contributed by atoms with Crippen LogP contribution in [0.4, 0.5) is 0 Å². The maximum absolute atomic E-state index is 12.0. The Labute approximate surface area is 149 Å². The summed E-state index contributed by atoms with van der Waals surface area (Å²) in [6.45, 7) is 0.503. The van der Waals surface area contributed by atoms with E-state index in [0.29, 0.717) is 28.5 Å². The Bertz CT molecular complexity index is 996. The van der Waals surface area contributed by atoms with Gasteiger partial charge in [0.1, 0.15) is 11.5 Å². The number of benzene rings is 1. The van der Waals surface area contributed by atoms with E-state index in [4.69, 9.17) is 21.7 Å². The van der Waals surface area contributed by atoms with Crippen LogP contribution >= 0.6 is 12.2 Å². The normalized spacial score (nSPS) is 10.5. The number of ether oxygens (including phenoxy) is 2. The fourth-order valence-electron chi connectivity index (χ4n) is 2.58. The van der Waals surface area contributed by atoms with Crippen LogP contribution < -0.4 is 15.0 Å². The van der Waals surface area contributed by atoms with Crippen LogP contribution in [0.3, 0.4) is 0 Å². The van der Waals surface area contributed by atoms with Gasteiger partial charge in [0.2, 0.25) is 0 Å². The number of hydrogen-bond donors (Lipinski definition) is 1. The molecule has 0 saturated heterocycles. The van der Waals surface area contributed by atoms with Crippen LogP contribution in [0.1, 0.15) is 5.56 Å². The number of hydrogen-bond acceptors (Lipinski definition) is 5. The molecule has 25 heavy (non-hydrogen) atoms. The van der Waals surface area contributed by atoms with Crippen molar-refractivity contribution in [1.82, 2.24) is 14.5 Å². The second-order valence-electron chi connectivity index (χ2n) is 5.33. The van der Waals surface area contributed by atoms with Crippen molar-refractivity contribution in [3.05, 3.63) is 69.5 Å². The molecule has 0 bridgehead atoms. The molecule has 0 saturated carbocycles. The van der Waals surface area contributed by atoms with Gasteiger partial charge in [0.05, 0.1) is 26.5 Å². The van der Waals surface area contributed by atoms with Crippen molar-refractivity contribution in [3.8, 4) is 22.8 Å². The summed E-state index contributed by atoms with van der Waals surface area (Å²) in [6.07, 6.45) is 3.44. The molecule has 0 spiro atoms. The molecule has 2 heterocycles. The number of H-pyrrole nitrogens is 1. The van der Waals surface area contributed by atoms with Crippen molar-refractivity contribution in [2.45, 2.75) is 6.54 Å². The third-order valence-electron chi connectivity index (χ3n) is 3.81. The molecule has 0 amide bonds. The summed E-state index contributed by atoms with van der Waals surface area (Å²) in [6, 6.07) is 10.8.